The van der Waals surface area contributed by atoms with Crippen molar-refractivity contribution in [3.05, 3.63) is 24.3 Å². The molecule has 3 aliphatic carbocycles. The topological polar surface area (TPSA) is 80.7 Å². The lowest BCUT2D eigenvalue weighted by Crippen LogP contribution is -2.57. The molecule has 5 nitrogen and oxygen atoms in total. The van der Waals surface area contributed by atoms with E-state index in [2.05, 4.69) is 6.58 Å². The first-order valence-corrected chi connectivity index (χ1v) is 7.13. The Bertz CT molecular complexity index is 533. The van der Waals surface area contributed by atoms with Crippen molar-refractivity contribution < 1.29 is 24.2 Å². The van der Waals surface area contributed by atoms with Gasteiger partial charge >= 0.3 is 11.9 Å². The molecular weight excluding hydrogens is 272 g/mol. The van der Waals surface area contributed by atoms with Gasteiger partial charge < -0.3 is 9.84 Å². The highest BCUT2D eigenvalue weighted by atomic mass is 16.5. The summed E-state index contributed by atoms with van der Waals surface area (Å²) in [4.78, 5) is 36.4. The van der Waals surface area contributed by atoms with Crippen LogP contribution < -0.4 is 0 Å². The summed E-state index contributed by atoms with van der Waals surface area (Å²) in [6, 6.07) is 0. The van der Waals surface area contributed by atoms with E-state index in [1.807, 2.05) is 6.92 Å². The van der Waals surface area contributed by atoms with Crippen LogP contribution in [0.5, 0.6) is 0 Å². The van der Waals surface area contributed by atoms with Crippen LogP contribution in [0.1, 0.15) is 26.7 Å². The van der Waals surface area contributed by atoms with E-state index in [-0.39, 0.29) is 13.0 Å². The van der Waals surface area contributed by atoms with E-state index in [9.17, 15) is 19.5 Å². The molecule has 21 heavy (non-hydrogen) atoms. The van der Waals surface area contributed by atoms with Gasteiger partial charge in [0.2, 0.25) is 0 Å². The van der Waals surface area contributed by atoms with Crippen molar-refractivity contribution >= 4 is 17.7 Å². The van der Waals surface area contributed by atoms with Gasteiger partial charge in [0.15, 0.2) is 5.78 Å². The minimum atomic E-state index is -1.12. The number of allylic oxidation sites excluding steroid dienone is 3. The Kier molecular flexibility index (Phi) is 4.03. The molecule has 0 aromatic carbocycles. The standard InChI is InChI=1S/C16H20O5/c1-4-6-16-8-9(3)10(12(13(16)17)14(18)19)7-11(16)15(20)21-5-2/h4,8,10-12H,1,5-7H2,2-3H3,(H,18,19)/t10-,11+,12?,16-/m0/s1. The van der Waals surface area contributed by atoms with Gasteiger partial charge in [-0.05, 0) is 26.7 Å². The van der Waals surface area contributed by atoms with Crippen molar-refractivity contribution in [3.63, 3.8) is 0 Å². The Morgan fingerprint density at radius 2 is 2.24 bits per heavy atom. The zero-order valence-corrected chi connectivity index (χ0v) is 12.3. The molecule has 0 spiro atoms. The molecule has 4 atom stereocenters. The van der Waals surface area contributed by atoms with Crippen LogP contribution >= 0.6 is 0 Å². The summed E-state index contributed by atoms with van der Waals surface area (Å²) in [5.74, 6) is -4.04. The number of carbonyl (C=O) groups is 3. The molecule has 0 aromatic heterocycles. The van der Waals surface area contributed by atoms with Gasteiger partial charge in [-0.1, -0.05) is 17.7 Å². The molecule has 3 aliphatic rings. The summed E-state index contributed by atoms with van der Waals surface area (Å²) in [7, 11) is 0. The average Bonchev–Trinajstić information content (AvgIpc) is 2.40. The van der Waals surface area contributed by atoms with E-state index in [1.54, 1.807) is 19.1 Å². The summed E-state index contributed by atoms with van der Waals surface area (Å²) in [6.45, 7) is 7.43. The van der Waals surface area contributed by atoms with E-state index in [4.69, 9.17) is 4.74 Å². The van der Waals surface area contributed by atoms with E-state index in [0.717, 1.165) is 5.57 Å². The maximum absolute atomic E-state index is 12.7. The van der Waals surface area contributed by atoms with Crippen LogP contribution in [0.15, 0.2) is 24.3 Å². The van der Waals surface area contributed by atoms with Crippen molar-refractivity contribution in [1.82, 2.24) is 0 Å². The fourth-order valence-corrected chi connectivity index (χ4v) is 3.75. The monoisotopic (exact) mass is 292 g/mol. The van der Waals surface area contributed by atoms with Crippen LogP contribution in [0.4, 0.5) is 0 Å². The van der Waals surface area contributed by atoms with Gasteiger partial charge in [0, 0.05) is 5.92 Å². The fraction of sp³-hybridized carbons (Fsp3) is 0.562. The highest BCUT2D eigenvalue weighted by Gasteiger charge is 2.61. The van der Waals surface area contributed by atoms with Crippen LogP contribution in [-0.2, 0) is 19.1 Å². The lowest BCUT2D eigenvalue weighted by atomic mass is 9.51. The predicted molar refractivity (Wildman–Crippen MR) is 75.4 cm³/mol. The number of hydrogen-bond acceptors (Lipinski definition) is 4. The average molecular weight is 292 g/mol. The molecule has 3 rings (SSSR count). The Balaban J connectivity index is 2.52. The number of carboxylic acids is 1. The SMILES string of the molecule is C=CC[C@]12C=C(C)[C@H](C[C@@H]1C(=O)OCC)C(C(=O)O)C2=O. The molecule has 0 aromatic rings. The van der Waals surface area contributed by atoms with Gasteiger partial charge in [0.25, 0.3) is 0 Å². The van der Waals surface area contributed by atoms with Gasteiger partial charge in [0.1, 0.15) is 5.92 Å². The van der Waals surface area contributed by atoms with Crippen LogP contribution in [0.2, 0.25) is 0 Å². The van der Waals surface area contributed by atoms with Crippen LogP contribution in [0.3, 0.4) is 0 Å². The number of ether oxygens (including phenoxy) is 1. The maximum Gasteiger partial charge on any atom is 0.314 e. The summed E-state index contributed by atoms with van der Waals surface area (Å²) in [5, 5.41) is 9.37. The molecule has 1 unspecified atom stereocenters. The number of rotatable bonds is 5. The first-order valence-electron chi connectivity index (χ1n) is 7.13. The molecule has 1 saturated carbocycles. The second kappa shape index (κ2) is 5.47. The lowest BCUT2D eigenvalue weighted by molar-refractivity contribution is -0.168. The highest BCUT2D eigenvalue weighted by molar-refractivity contribution is 6.07. The third-order valence-corrected chi connectivity index (χ3v) is 4.64. The van der Waals surface area contributed by atoms with Gasteiger partial charge in [-0.3, -0.25) is 14.4 Å². The Labute approximate surface area is 123 Å². The molecule has 2 bridgehead atoms. The first-order chi connectivity index (χ1) is 9.89. The molecular formula is C16H20O5. The van der Waals surface area contributed by atoms with E-state index in [1.165, 1.54) is 0 Å². The number of carbonyl (C=O) groups excluding carboxylic acids is 2. The largest absolute Gasteiger partial charge is 0.481 e. The third-order valence-electron chi connectivity index (χ3n) is 4.64. The van der Waals surface area contributed by atoms with Gasteiger partial charge in [-0.15, -0.1) is 6.58 Å². The number of Topliss-reactive ketones (excluding diaryl/α,β-unsaturated/α-hetero) is 1. The highest BCUT2D eigenvalue weighted by Crippen LogP contribution is 2.55. The normalized spacial score (nSPS) is 34.3. The second-order valence-corrected chi connectivity index (χ2v) is 5.75. The van der Waals surface area contributed by atoms with Crippen molar-refractivity contribution in [3.8, 4) is 0 Å². The van der Waals surface area contributed by atoms with E-state index >= 15 is 0 Å². The van der Waals surface area contributed by atoms with Gasteiger partial charge in [0.05, 0.1) is 17.9 Å². The minimum absolute atomic E-state index is 0.239. The van der Waals surface area contributed by atoms with Crippen LogP contribution in [0.25, 0.3) is 0 Å². The van der Waals surface area contributed by atoms with Crippen LogP contribution in [-0.4, -0.2) is 29.4 Å². The number of esters is 1. The Morgan fingerprint density at radius 3 is 2.76 bits per heavy atom. The number of carboxylic acid groups (broad SMARTS) is 1. The minimum Gasteiger partial charge on any atom is -0.481 e. The number of ketones is 1. The maximum atomic E-state index is 12.7. The second-order valence-electron chi connectivity index (χ2n) is 5.75. The number of hydrogen-bond donors (Lipinski definition) is 1. The van der Waals surface area contributed by atoms with Gasteiger partial charge in [-0.25, -0.2) is 0 Å². The molecule has 1 fully saturated rings. The van der Waals surface area contributed by atoms with E-state index < -0.39 is 40.9 Å². The zero-order valence-electron chi connectivity index (χ0n) is 12.3. The summed E-state index contributed by atoms with van der Waals surface area (Å²) >= 11 is 0. The molecule has 114 valence electrons. The summed E-state index contributed by atoms with van der Waals surface area (Å²) in [5.41, 5.74) is -0.250. The zero-order chi connectivity index (χ0) is 15.8. The first kappa shape index (κ1) is 15.5. The molecule has 0 aliphatic heterocycles. The summed E-state index contributed by atoms with van der Waals surface area (Å²) in [6.07, 6.45) is 3.94. The molecule has 0 radical (unpaired) electrons. The molecule has 1 N–H and O–H groups in total. The smallest absolute Gasteiger partial charge is 0.314 e. The quantitative estimate of drug-likeness (QED) is 0.476. The molecule has 5 heteroatoms. The molecule has 0 amide bonds. The van der Waals surface area contributed by atoms with Crippen molar-refractivity contribution in [2.24, 2.45) is 23.2 Å². The summed E-state index contributed by atoms with van der Waals surface area (Å²) < 4.78 is 5.08. The van der Waals surface area contributed by atoms with Crippen molar-refractivity contribution in [1.29, 1.82) is 0 Å². The Morgan fingerprint density at radius 1 is 1.57 bits per heavy atom. The number of fused-ring (bicyclic) bond motifs is 2. The Hall–Kier alpha value is -1.91. The molecule has 0 heterocycles. The fourth-order valence-electron chi connectivity index (χ4n) is 3.75. The van der Waals surface area contributed by atoms with Gasteiger partial charge in [-0.2, -0.15) is 0 Å². The van der Waals surface area contributed by atoms with E-state index in [0.29, 0.717) is 6.42 Å². The van der Waals surface area contributed by atoms with Crippen molar-refractivity contribution in [2.75, 3.05) is 6.61 Å². The van der Waals surface area contributed by atoms with Crippen LogP contribution in [0, 0.1) is 23.2 Å². The number of aliphatic carboxylic acids is 1. The van der Waals surface area contributed by atoms with Crippen molar-refractivity contribution in [2.45, 2.75) is 26.7 Å². The third kappa shape index (κ3) is 2.20. The predicted octanol–water partition coefficient (Wildman–Crippen LogP) is 1.98. The lowest BCUT2D eigenvalue weighted by Gasteiger charge is -2.49. The molecule has 0 saturated heterocycles.